The molecule has 0 aliphatic carbocycles. The van der Waals surface area contributed by atoms with Crippen LogP contribution < -0.4 is 9.62 Å². The first-order chi connectivity index (χ1) is 13.3. The van der Waals surface area contributed by atoms with Crippen molar-refractivity contribution < 1.29 is 17.6 Å². The summed E-state index contributed by atoms with van der Waals surface area (Å²) in [4.78, 5) is 13.8. The highest BCUT2D eigenvalue weighted by Crippen LogP contribution is 2.38. The Bertz CT molecular complexity index is 1040. The van der Waals surface area contributed by atoms with Gasteiger partial charge in [0, 0.05) is 12.2 Å². The van der Waals surface area contributed by atoms with E-state index in [0.29, 0.717) is 30.4 Å². The van der Waals surface area contributed by atoms with Crippen LogP contribution in [-0.2, 0) is 14.9 Å². The van der Waals surface area contributed by atoms with Gasteiger partial charge in [-0.25, -0.2) is 22.9 Å². The Morgan fingerprint density at radius 1 is 1.21 bits per heavy atom. The van der Waals surface area contributed by atoms with Gasteiger partial charge in [0.15, 0.2) is 0 Å². The molecule has 0 radical (unpaired) electrons. The molecule has 3 heterocycles. The van der Waals surface area contributed by atoms with E-state index in [1.165, 1.54) is 12.1 Å². The summed E-state index contributed by atoms with van der Waals surface area (Å²) in [6, 6.07) is 6.17. The van der Waals surface area contributed by atoms with E-state index in [1.54, 1.807) is 30.5 Å². The van der Waals surface area contributed by atoms with Crippen molar-refractivity contribution in [3.05, 3.63) is 64.8 Å². The predicted molar refractivity (Wildman–Crippen MR) is 104 cm³/mol. The molecule has 4 rings (SSSR count). The number of benzene rings is 1. The summed E-state index contributed by atoms with van der Waals surface area (Å²) in [6.07, 6.45) is 4.59. The minimum absolute atomic E-state index is 0.323. The lowest BCUT2D eigenvalue weighted by molar-refractivity contribution is -0.0951. The maximum absolute atomic E-state index is 13.4. The third kappa shape index (κ3) is 3.25. The summed E-state index contributed by atoms with van der Waals surface area (Å²) in [5.41, 5.74) is 3.36. The van der Waals surface area contributed by atoms with Crippen LogP contribution in [0, 0.1) is 5.82 Å². The summed E-state index contributed by atoms with van der Waals surface area (Å²) >= 11 is 0. The van der Waals surface area contributed by atoms with Crippen LogP contribution in [0.1, 0.15) is 6.92 Å². The van der Waals surface area contributed by atoms with Crippen molar-refractivity contribution in [2.45, 2.75) is 6.92 Å². The number of sulfonamides is 1. The number of hydrogen-bond acceptors (Lipinski definition) is 7. The zero-order valence-corrected chi connectivity index (χ0v) is 16.5. The molecule has 148 valence electrons. The Balaban J connectivity index is 1.85. The third-order valence-corrected chi connectivity index (χ3v) is 5.21. The molecular weight excluding hydrogens is 385 g/mol. The van der Waals surface area contributed by atoms with Crippen LogP contribution in [0.2, 0.25) is 0 Å². The van der Waals surface area contributed by atoms with E-state index in [1.807, 2.05) is 22.9 Å². The first kappa shape index (κ1) is 18.5. The Morgan fingerprint density at radius 3 is 2.57 bits per heavy atom. The second-order valence-electron chi connectivity index (χ2n) is 6.75. The molecule has 0 saturated heterocycles. The first-order valence-electron chi connectivity index (χ1n) is 8.56. The molecular formula is C18H20FN5O3S. The van der Waals surface area contributed by atoms with Crippen LogP contribution >= 0.6 is 0 Å². The van der Waals surface area contributed by atoms with Gasteiger partial charge in [-0.1, -0.05) is 0 Å². The SMILES string of the molecule is CON1C=C2C=NC3=C(N2C1)N(c1ccc(F)cc1)CC(C)=C3NS(C)(=O)=O. The smallest absolute Gasteiger partial charge is 0.229 e. The number of fused-ring (bicyclic) bond motifs is 2. The average Bonchev–Trinajstić information content (AvgIpc) is 3.07. The number of halogens is 1. The van der Waals surface area contributed by atoms with Crippen LogP contribution in [0.15, 0.2) is 63.9 Å². The zero-order chi connectivity index (χ0) is 20.1. The van der Waals surface area contributed by atoms with Gasteiger partial charge in [-0.2, -0.15) is 0 Å². The quantitative estimate of drug-likeness (QED) is 0.822. The highest BCUT2D eigenvalue weighted by molar-refractivity contribution is 7.88. The van der Waals surface area contributed by atoms with Gasteiger partial charge in [0.25, 0.3) is 0 Å². The number of rotatable bonds is 4. The molecule has 10 heteroatoms. The molecule has 1 aromatic carbocycles. The number of anilines is 1. The normalized spacial score (nSPS) is 19.1. The molecule has 0 spiro atoms. The molecule has 3 aliphatic heterocycles. The predicted octanol–water partition coefficient (Wildman–Crippen LogP) is 1.70. The standard InChI is InChI=1S/C18H20FN5O3S/c1-12-9-23(14-6-4-13(19)5-7-14)18-17(16(12)21-28(3,25)26)20-8-15-10-22(27-2)11-24(15)18/h4-8,10,21H,9,11H2,1-3H3. The minimum atomic E-state index is -3.48. The monoisotopic (exact) mass is 405 g/mol. The lowest BCUT2D eigenvalue weighted by Gasteiger charge is -2.40. The lowest BCUT2D eigenvalue weighted by Crippen LogP contribution is -2.44. The van der Waals surface area contributed by atoms with Crippen LogP contribution in [0.3, 0.4) is 0 Å². The minimum Gasteiger partial charge on any atom is -0.322 e. The fourth-order valence-electron chi connectivity index (χ4n) is 3.40. The van der Waals surface area contributed by atoms with Crippen LogP contribution in [0.25, 0.3) is 0 Å². The zero-order valence-electron chi connectivity index (χ0n) is 15.7. The molecule has 1 aromatic rings. The number of aliphatic imine (C=N–C) groups is 1. The van der Waals surface area contributed by atoms with E-state index in [4.69, 9.17) is 4.84 Å². The van der Waals surface area contributed by atoms with Crippen molar-refractivity contribution in [1.29, 1.82) is 0 Å². The van der Waals surface area contributed by atoms with E-state index < -0.39 is 10.0 Å². The van der Waals surface area contributed by atoms with Gasteiger partial charge in [-0.05, 0) is 36.8 Å². The van der Waals surface area contributed by atoms with Crippen molar-refractivity contribution in [3.63, 3.8) is 0 Å². The molecule has 0 unspecified atom stereocenters. The van der Waals surface area contributed by atoms with Crippen LogP contribution in [0.4, 0.5) is 10.1 Å². The molecule has 28 heavy (non-hydrogen) atoms. The average molecular weight is 405 g/mol. The fourth-order valence-corrected chi connectivity index (χ4v) is 4.04. The molecule has 3 aliphatic rings. The Kier molecular flexibility index (Phi) is 4.39. The van der Waals surface area contributed by atoms with Gasteiger partial charge < -0.3 is 9.80 Å². The fraction of sp³-hybridized carbons (Fsp3) is 0.278. The van der Waals surface area contributed by atoms with E-state index in [9.17, 15) is 12.8 Å². The highest BCUT2D eigenvalue weighted by atomic mass is 32.2. The van der Waals surface area contributed by atoms with Gasteiger partial charge >= 0.3 is 0 Å². The number of hydroxylamine groups is 2. The lowest BCUT2D eigenvalue weighted by atomic mass is 10.1. The second kappa shape index (κ2) is 6.64. The Morgan fingerprint density at radius 2 is 1.93 bits per heavy atom. The largest absolute Gasteiger partial charge is 0.322 e. The van der Waals surface area contributed by atoms with Crippen molar-refractivity contribution in [2.75, 3.05) is 31.5 Å². The van der Waals surface area contributed by atoms with Crippen molar-refractivity contribution in [2.24, 2.45) is 4.99 Å². The first-order valence-corrected chi connectivity index (χ1v) is 10.5. The van der Waals surface area contributed by atoms with E-state index in [-0.39, 0.29) is 5.82 Å². The summed E-state index contributed by atoms with van der Waals surface area (Å²) in [5, 5.41) is 1.65. The van der Waals surface area contributed by atoms with E-state index >= 15 is 0 Å². The van der Waals surface area contributed by atoms with Crippen LogP contribution in [-0.4, -0.2) is 51.2 Å². The third-order valence-electron chi connectivity index (χ3n) is 4.64. The highest BCUT2D eigenvalue weighted by Gasteiger charge is 2.37. The van der Waals surface area contributed by atoms with Gasteiger partial charge in [0.1, 0.15) is 24.0 Å². The molecule has 0 saturated carbocycles. The number of nitrogens with zero attached hydrogens (tertiary/aromatic N) is 4. The van der Waals surface area contributed by atoms with Gasteiger partial charge in [0.05, 0.1) is 37.2 Å². The molecule has 0 amide bonds. The maximum atomic E-state index is 13.4. The number of hydrogen-bond donors (Lipinski definition) is 1. The maximum Gasteiger partial charge on any atom is 0.229 e. The molecule has 0 atom stereocenters. The van der Waals surface area contributed by atoms with Crippen molar-refractivity contribution >= 4 is 21.9 Å². The summed E-state index contributed by atoms with van der Waals surface area (Å²) in [6.45, 7) is 2.69. The van der Waals surface area contributed by atoms with Gasteiger partial charge in [-0.3, -0.25) is 9.56 Å². The summed E-state index contributed by atoms with van der Waals surface area (Å²) in [5.74, 6) is 0.382. The molecule has 1 N–H and O–H groups in total. The molecule has 0 aromatic heterocycles. The molecule has 0 bridgehead atoms. The number of nitrogens with one attached hydrogen (secondary N) is 1. The topological polar surface area (TPSA) is 77.5 Å². The van der Waals surface area contributed by atoms with Crippen molar-refractivity contribution in [1.82, 2.24) is 14.7 Å². The van der Waals surface area contributed by atoms with Gasteiger partial charge in [0.2, 0.25) is 10.0 Å². The van der Waals surface area contributed by atoms with Gasteiger partial charge in [-0.15, -0.1) is 0 Å². The van der Waals surface area contributed by atoms with E-state index in [2.05, 4.69) is 9.71 Å². The molecule has 8 nitrogen and oxygen atoms in total. The summed E-state index contributed by atoms with van der Waals surface area (Å²) in [7, 11) is -1.91. The molecule has 0 fully saturated rings. The van der Waals surface area contributed by atoms with E-state index in [0.717, 1.165) is 23.2 Å². The Hall–Kier alpha value is -2.85. The Labute approximate surface area is 162 Å². The van der Waals surface area contributed by atoms with Crippen molar-refractivity contribution in [3.8, 4) is 0 Å². The second-order valence-corrected chi connectivity index (χ2v) is 8.49. The number of allylic oxidation sites excluding steroid dienone is 1. The summed E-state index contributed by atoms with van der Waals surface area (Å²) < 4.78 is 39.8. The van der Waals surface area contributed by atoms with Crippen LogP contribution in [0.5, 0.6) is 0 Å².